The quantitative estimate of drug-likeness (QED) is 0.318. The van der Waals surface area contributed by atoms with Crippen molar-refractivity contribution in [2.24, 2.45) is 0 Å². The van der Waals surface area contributed by atoms with Gasteiger partial charge in [-0.2, -0.15) is 0 Å². The molecule has 0 fully saturated rings. The van der Waals surface area contributed by atoms with Crippen molar-refractivity contribution >= 4 is 11.8 Å². The van der Waals surface area contributed by atoms with Gasteiger partial charge >= 0.3 is 0 Å². The summed E-state index contributed by atoms with van der Waals surface area (Å²) < 4.78 is 2.15. The van der Waals surface area contributed by atoms with Gasteiger partial charge in [-0.05, 0) is 27.5 Å². The van der Waals surface area contributed by atoms with Gasteiger partial charge in [0.2, 0.25) is 0 Å². The van der Waals surface area contributed by atoms with E-state index in [1.165, 1.54) is 16.7 Å². The van der Waals surface area contributed by atoms with Crippen molar-refractivity contribution in [1.29, 1.82) is 0 Å². The molecule has 0 saturated carbocycles. The molecular weight excluding hydrogens is 386 g/mol. The van der Waals surface area contributed by atoms with E-state index in [0.29, 0.717) is 6.54 Å². The van der Waals surface area contributed by atoms with Gasteiger partial charge in [0, 0.05) is 17.9 Å². The molecule has 3 rings (SSSR count). The number of aromatic nitrogens is 3. The number of hydrogen-bond donors (Lipinski definition) is 0. The van der Waals surface area contributed by atoms with E-state index in [-0.39, 0.29) is 10.8 Å². The maximum Gasteiger partial charge on any atom is 0.192 e. The smallest absolute Gasteiger partial charge is 0.192 e. The molecular formula is C26H33N3S. The lowest BCUT2D eigenvalue weighted by Crippen LogP contribution is -2.10. The van der Waals surface area contributed by atoms with E-state index in [9.17, 15) is 0 Å². The molecule has 0 atom stereocenters. The predicted octanol–water partition coefficient (Wildman–Crippen LogP) is 7.02. The molecule has 0 amide bonds. The fourth-order valence-corrected chi connectivity index (χ4v) is 4.17. The van der Waals surface area contributed by atoms with Crippen LogP contribution in [0.15, 0.2) is 66.3 Å². The van der Waals surface area contributed by atoms with E-state index in [1.54, 1.807) is 11.8 Å². The molecule has 0 aliphatic carbocycles. The number of nitrogens with zero attached hydrogens (tertiary/aromatic N) is 3. The second kappa shape index (κ2) is 8.81. The van der Waals surface area contributed by atoms with Gasteiger partial charge in [-0.15, -0.1) is 16.8 Å². The number of benzene rings is 2. The maximum atomic E-state index is 4.50. The molecule has 0 bridgehead atoms. The van der Waals surface area contributed by atoms with Gasteiger partial charge in [-0.3, -0.25) is 4.57 Å². The fourth-order valence-electron chi connectivity index (χ4n) is 3.27. The molecule has 30 heavy (non-hydrogen) atoms. The fraction of sp³-hybridized carbons (Fsp3) is 0.385. The molecule has 4 heteroatoms. The Labute approximate surface area is 185 Å². The summed E-state index contributed by atoms with van der Waals surface area (Å²) in [6.07, 6.45) is 1.90. The first-order valence-corrected chi connectivity index (χ1v) is 11.5. The van der Waals surface area contributed by atoms with Gasteiger partial charge < -0.3 is 0 Å². The first kappa shape index (κ1) is 22.4. The lowest BCUT2D eigenvalue weighted by molar-refractivity contribution is 0.590. The number of hydrogen-bond acceptors (Lipinski definition) is 3. The van der Waals surface area contributed by atoms with Crippen molar-refractivity contribution in [2.45, 2.75) is 69.8 Å². The van der Waals surface area contributed by atoms with Crippen LogP contribution < -0.4 is 0 Å². The average Bonchev–Trinajstić information content (AvgIpc) is 3.08. The topological polar surface area (TPSA) is 30.7 Å². The molecule has 0 radical (unpaired) electrons. The molecule has 158 valence electrons. The van der Waals surface area contributed by atoms with Gasteiger partial charge in [0.25, 0.3) is 0 Å². The van der Waals surface area contributed by atoms with E-state index in [0.717, 1.165) is 22.3 Å². The van der Waals surface area contributed by atoms with Crippen molar-refractivity contribution in [3.05, 3.63) is 77.9 Å². The molecule has 0 N–H and O–H groups in total. The first-order valence-electron chi connectivity index (χ1n) is 10.5. The van der Waals surface area contributed by atoms with Gasteiger partial charge in [0.05, 0.1) is 0 Å². The third-order valence-corrected chi connectivity index (χ3v) is 6.26. The molecule has 0 saturated heterocycles. The molecule has 1 aromatic heterocycles. The molecule has 0 aliphatic rings. The third-order valence-electron chi connectivity index (χ3n) is 5.23. The van der Waals surface area contributed by atoms with Crippen molar-refractivity contribution in [3.8, 4) is 11.4 Å². The second-order valence-electron chi connectivity index (χ2n) is 9.77. The van der Waals surface area contributed by atoms with Crippen LogP contribution in [-0.2, 0) is 23.1 Å². The predicted molar refractivity (Wildman–Crippen MR) is 129 cm³/mol. The van der Waals surface area contributed by atoms with E-state index >= 15 is 0 Å². The summed E-state index contributed by atoms with van der Waals surface area (Å²) in [6, 6.07) is 17.5. The van der Waals surface area contributed by atoms with Crippen LogP contribution >= 0.6 is 11.8 Å². The molecule has 0 unspecified atom stereocenters. The summed E-state index contributed by atoms with van der Waals surface area (Å²) in [5.41, 5.74) is 5.35. The van der Waals surface area contributed by atoms with Crippen LogP contribution in [0.2, 0.25) is 0 Å². The summed E-state index contributed by atoms with van der Waals surface area (Å²) in [5, 5.41) is 9.90. The van der Waals surface area contributed by atoms with Gasteiger partial charge in [-0.1, -0.05) is 108 Å². The van der Waals surface area contributed by atoms with Crippen LogP contribution in [-0.4, -0.2) is 14.8 Å². The zero-order valence-corrected chi connectivity index (χ0v) is 19.9. The number of allylic oxidation sites excluding steroid dienone is 1. The Morgan fingerprint density at radius 1 is 0.833 bits per heavy atom. The standard InChI is InChI=1S/C26H33N3S/c1-8-17-29-23(20-11-15-22(16-12-20)26(5,6)7)27-28-24(29)30-18-19-9-13-21(14-10-19)25(2,3)4/h8-16H,1,17-18H2,2-7H3. The maximum absolute atomic E-state index is 4.50. The Bertz CT molecular complexity index is 985. The lowest BCUT2D eigenvalue weighted by Gasteiger charge is -2.19. The molecule has 3 aromatic rings. The largest absolute Gasteiger partial charge is 0.298 e. The van der Waals surface area contributed by atoms with Gasteiger partial charge in [0.15, 0.2) is 11.0 Å². The Balaban J connectivity index is 1.80. The van der Waals surface area contributed by atoms with E-state index in [2.05, 4.69) is 111 Å². The van der Waals surface area contributed by atoms with Gasteiger partial charge in [-0.25, -0.2) is 0 Å². The Hall–Kier alpha value is -2.33. The monoisotopic (exact) mass is 419 g/mol. The van der Waals surface area contributed by atoms with Crippen LogP contribution in [0.25, 0.3) is 11.4 Å². The van der Waals surface area contributed by atoms with Crippen LogP contribution in [0.5, 0.6) is 0 Å². The number of thioether (sulfide) groups is 1. The Kier molecular flexibility index (Phi) is 6.56. The molecule has 2 aromatic carbocycles. The van der Waals surface area contributed by atoms with Crippen LogP contribution in [0, 0.1) is 0 Å². The minimum Gasteiger partial charge on any atom is -0.298 e. The van der Waals surface area contributed by atoms with E-state index < -0.39 is 0 Å². The summed E-state index contributed by atoms with van der Waals surface area (Å²) >= 11 is 1.72. The number of rotatable bonds is 6. The molecule has 0 aliphatic heterocycles. The zero-order valence-electron chi connectivity index (χ0n) is 19.1. The second-order valence-corrected chi connectivity index (χ2v) is 10.7. The highest BCUT2D eigenvalue weighted by atomic mass is 32.2. The van der Waals surface area contributed by atoms with Crippen molar-refractivity contribution in [1.82, 2.24) is 14.8 Å². The van der Waals surface area contributed by atoms with Crippen molar-refractivity contribution in [3.63, 3.8) is 0 Å². The highest BCUT2D eigenvalue weighted by molar-refractivity contribution is 7.98. The Morgan fingerprint density at radius 3 is 1.87 bits per heavy atom. The summed E-state index contributed by atoms with van der Waals surface area (Å²) in [4.78, 5) is 0. The van der Waals surface area contributed by atoms with Crippen molar-refractivity contribution < 1.29 is 0 Å². The van der Waals surface area contributed by atoms with Crippen molar-refractivity contribution in [2.75, 3.05) is 0 Å². The zero-order chi connectivity index (χ0) is 21.9. The summed E-state index contributed by atoms with van der Waals surface area (Å²) in [5.74, 6) is 1.75. The Morgan fingerprint density at radius 2 is 1.37 bits per heavy atom. The summed E-state index contributed by atoms with van der Waals surface area (Å²) in [7, 11) is 0. The van der Waals surface area contributed by atoms with E-state index in [4.69, 9.17) is 0 Å². The third kappa shape index (κ3) is 5.23. The highest BCUT2D eigenvalue weighted by Gasteiger charge is 2.17. The minimum atomic E-state index is 0.136. The lowest BCUT2D eigenvalue weighted by atomic mass is 9.87. The first-order chi connectivity index (χ1) is 14.1. The molecule has 1 heterocycles. The SMILES string of the molecule is C=CCn1c(SCc2ccc(C(C)(C)C)cc2)nnc1-c1ccc(C(C)(C)C)cc1. The van der Waals surface area contributed by atoms with Crippen LogP contribution in [0.4, 0.5) is 0 Å². The molecule has 3 nitrogen and oxygen atoms in total. The molecule has 0 spiro atoms. The van der Waals surface area contributed by atoms with E-state index in [1.807, 2.05) is 6.08 Å². The average molecular weight is 420 g/mol. The minimum absolute atomic E-state index is 0.136. The van der Waals surface area contributed by atoms with Crippen LogP contribution in [0.1, 0.15) is 58.2 Å². The highest BCUT2D eigenvalue weighted by Crippen LogP contribution is 2.29. The van der Waals surface area contributed by atoms with Crippen LogP contribution in [0.3, 0.4) is 0 Å². The normalized spacial score (nSPS) is 12.2. The van der Waals surface area contributed by atoms with Gasteiger partial charge in [0.1, 0.15) is 0 Å². The summed E-state index contributed by atoms with van der Waals surface area (Å²) in [6.45, 7) is 18.0.